The van der Waals surface area contributed by atoms with Crippen LogP contribution in [-0.4, -0.2) is 16.3 Å². The molecule has 0 radical (unpaired) electrons. The molecule has 0 amide bonds. The summed E-state index contributed by atoms with van der Waals surface area (Å²) in [6.45, 7) is 3.93. The van der Waals surface area contributed by atoms with E-state index < -0.39 is 9.73 Å². The Hall–Kier alpha value is -1.42. The molecule has 72 valence electrons. The van der Waals surface area contributed by atoms with Gasteiger partial charge >= 0.3 is 0 Å². The summed E-state index contributed by atoms with van der Waals surface area (Å²) in [5.41, 5.74) is 2.19. The highest BCUT2D eigenvalue weighted by Gasteiger charge is 2.18. The second-order valence-corrected chi connectivity index (χ2v) is 4.92. The lowest BCUT2D eigenvalue weighted by molar-refractivity contribution is 0.684. The van der Waals surface area contributed by atoms with E-state index in [4.69, 9.17) is 0 Å². The van der Waals surface area contributed by atoms with Crippen LogP contribution >= 0.6 is 0 Å². The Kier molecular flexibility index (Phi) is 2.21. The normalized spacial score (nSPS) is 23.1. The molecule has 14 heavy (non-hydrogen) atoms. The first-order chi connectivity index (χ1) is 6.76. The highest BCUT2D eigenvalue weighted by Crippen LogP contribution is 2.30. The van der Waals surface area contributed by atoms with Crippen molar-refractivity contribution in [2.45, 2.75) is 4.90 Å². The maximum Gasteiger partial charge on any atom is 0.117 e. The van der Waals surface area contributed by atoms with Crippen molar-refractivity contribution in [3.05, 3.63) is 36.9 Å². The topological polar surface area (TPSA) is 41.8 Å². The van der Waals surface area contributed by atoms with Gasteiger partial charge in [0.15, 0.2) is 0 Å². The predicted molar refractivity (Wildman–Crippen MR) is 58.5 cm³/mol. The molecule has 0 saturated heterocycles. The van der Waals surface area contributed by atoms with E-state index in [0.717, 1.165) is 5.69 Å². The lowest BCUT2D eigenvalue weighted by Crippen LogP contribution is -1.97. The molecule has 0 saturated carbocycles. The van der Waals surface area contributed by atoms with E-state index >= 15 is 0 Å². The Morgan fingerprint density at radius 3 is 3.07 bits per heavy atom. The van der Waals surface area contributed by atoms with Crippen molar-refractivity contribution in [1.82, 2.24) is 0 Å². The summed E-state index contributed by atoms with van der Waals surface area (Å²) >= 11 is 0. The Labute approximate surface area is 83.4 Å². The van der Waals surface area contributed by atoms with Crippen molar-refractivity contribution in [3.63, 3.8) is 0 Å². The molecule has 2 rings (SSSR count). The quantitative estimate of drug-likeness (QED) is 0.685. The third-order valence-electron chi connectivity index (χ3n) is 1.91. The number of aliphatic imine (C=N–C) groups is 1. The molecule has 1 aliphatic heterocycles. The lowest BCUT2D eigenvalue weighted by Gasteiger charge is -1.99. The molecule has 1 aromatic rings. The molecule has 1 atom stereocenters. The van der Waals surface area contributed by atoms with Gasteiger partial charge in [-0.25, -0.2) is 13.6 Å². The molecule has 1 unspecified atom stereocenters. The molecule has 0 aliphatic carbocycles. The average Bonchev–Trinajstić information content (AvgIpc) is 2.55. The zero-order chi connectivity index (χ0) is 10.0. The predicted octanol–water partition coefficient (Wildman–Crippen LogP) is 2.37. The smallest absolute Gasteiger partial charge is 0.117 e. The Morgan fingerprint density at radius 1 is 1.50 bits per heavy atom. The van der Waals surface area contributed by atoms with E-state index in [-0.39, 0.29) is 0 Å². The van der Waals surface area contributed by atoms with Crippen LogP contribution < -0.4 is 0 Å². The summed E-state index contributed by atoms with van der Waals surface area (Å²) in [6.07, 6.45) is 1.63. The van der Waals surface area contributed by atoms with Gasteiger partial charge in [0.05, 0.1) is 17.1 Å². The average molecular weight is 206 g/mol. The van der Waals surface area contributed by atoms with Gasteiger partial charge in [-0.3, -0.25) is 0 Å². The van der Waals surface area contributed by atoms with Crippen molar-refractivity contribution in [2.75, 3.05) is 6.54 Å². The maximum absolute atomic E-state index is 12.2. The molecule has 0 N–H and O–H groups in total. The first kappa shape index (κ1) is 9.15. The summed E-state index contributed by atoms with van der Waals surface area (Å²) < 4.78 is 16.3. The fourth-order valence-corrected chi connectivity index (χ4v) is 2.86. The summed E-state index contributed by atoms with van der Waals surface area (Å²) in [5.74, 6) is 0. The van der Waals surface area contributed by atoms with Crippen LogP contribution in [0.5, 0.6) is 0 Å². The van der Waals surface area contributed by atoms with Crippen LogP contribution in [0.2, 0.25) is 0 Å². The Morgan fingerprint density at radius 2 is 2.29 bits per heavy atom. The molecular weight excluding hydrogens is 196 g/mol. The molecule has 0 fully saturated rings. The second-order valence-electron chi connectivity index (χ2n) is 2.87. The molecule has 1 aliphatic rings. The Balaban J connectivity index is 2.58. The van der Waals surface area contributed by atoms with Crippen LogP contribution in [0, 0.1) is 0 Å². The van der Waals surface area contributed by atoms with Crippen LogP contribution in [0.25, 0.3) is 0 Å². The number of fused-ring (bicyclic) bond motifs is 1. The fraction of sp³-hybridized carbons (Fsp3) is 0.100. The van der Waals surface area contributed by atoms with E-state index in [1.54, 1.807) is 12.1 Å². The van der Waals surface area contributed by atoms with Gasteiger partial charge < -0.3 is 0 Å². The van der Waals surface area contributed by atoms with Gasteiger partial charge in [-0.1, -0.05) is 18.2 Å². The van der Waals surface area contributed by atoms with Crippen LogP contribution in [0.4, 0.5) is 5.69 Å². The van der Waals surface area contributed by atoms with Gasteiger partial charge in [0.1, 0.15) is 15.3 Å². The number of nitrogens with zero attached hydrogens (tertiary/aromatic N) is 2. The van der Waals surface area contributed by atoms with Gasteiger partial charge in [-0.2, -0.15) is 0 Å². The van der Waals surface area contributed by atoms with Crippen LogP contribution in [-0.2, 0) is 9.73 Å². The zero-order valence-corrected chi connectivity index (χ0v) is 8.41. The molecule has 1 heterocycles. The number of rotatable bonds is 2. The second kappa shape index (κ2) is 3.38. The summed E-state index contributed by atoms with van der Waals surface area (Å²) in [7, 11) is -2.41. The van der Waals surface area contributed by atoms with E-state index in [2.05, 4.69) is 15.9 Å². The SMILES string of the molecule is C=CCN=S1(=O)C=Nc2ccccc21. The molecule has 1 aromatic carbocycles. The number of hydrogen-bond donors (Lipinski definition) is 0. The Bertz CT molecular complexity index is 511. The van der Waals surface area contributed by atoms with E-state index in [9.17, 15) is 4.21 Å². The highest BCUT2D eigenvalue weighted by atomic mass is 32.2. The molecule has 0 spiro atoms. The van der Waals surface area contributed by atoms with Gasteiger partial charge in [0.25, 0.3) is 0 Å². The monoisotopic (exact) mass is 206 g/mol. The van der Waals surface area contributed by atoms with Crippen LogP contribution in [0.1, 0.15) is 0 Å². The number of para-hydroxylation sites is 1. The molecule has 3 nitrogen and oxygen atoms in total. The summed E-state index contributed by atoms with van der Waals surface area (Å²) in [6, 6.07) is 7.35. The zero-order valence-electron chi connectivity index (χ0n) is 7.59. The van der Waals surface area contributed by atoms with Gasteiger partial charge in [0, 0.05) is 0 Å². The van der Waals surface area contributed by atoms with Crippen LogP contribution in [0.3, 0.4) is 0 Å². The standard InChI is InChI=1S/C10H10N2OS/c1-2-7-12-14(13)8-11-9-5-3-4-6-10(9)14/h2-6,8H,1,7H2. The molecule has 0 aromatic heterocycles. The maximum atomic E-state index is 12.2. The lowest BCUT2D eigenvalue weighted by atomic mass is 10.3. The van der Waals surface area contributed by atoms with Crippen molar-refractivity contribution in [1.29, 1.82) is 0 Å². The number of benzene rings is 1. The first-order valence-electron chi connectivity index (χ1n) is 4.23. The van der Waals surface area contributed by atoms with Crippen LogP contribution in [0.15, 0.2) is 51.2 Å². The first-order valence-corrected chi connectivity index (χ1v) is 5.81. The van der Waals surface area contributed by atoms with Crippen molar-refractivity contribution < 1.29 is 4.21 Å². The van der Waals surface area contributed by atoms with Gasteiger partial charge in [-0.15, -0.1) is 6.58 Å². The van der Waals surface area contributed by atoms with E-state index in [1.165, 1.54) is 5.55 Å². The van der Waals surface area contributed by atoms with E-state index in [0.29, 0.717) is 11.4 Å². The van der Waals surface area contributed by atoms with E-state index in [1.807, 2.05) is 18.2 Å². The third-order valence-corrected chi connectivity index (χ3v) is 3.81. The molecular formula is C10H10N2OS. The van der Waals surface area contributed by atoms with Crippen molar-refractivity contribution >= 4 is 21.0 Å². The van der Waals surface area contributed by atoms with Gasteiger partial charge in [0.2, 0.25) is 0 Å². The highest BCUT2D eigenvalue weighted by molar-refractivity contribution is 8.07. The van der Waals surface area contributed by atoms with Crippen molar-refractivity contribution in [2.24, 2.45) is 9.36 Å². The molecule has 4 heteroatoms. The summed E-state index contributed by atoms with van der Waals surface area (Å²) in [5, 5.41) is 0. The van der Waals surface area contributed by atoms with Crippen molar-refractivity contribution in [3.8, 4) is 0 Å². The third kappa shape index (κ3) is 1.37. The fourth-order valence-electron chi connectivity index (χ4n) is 1.26. The summed E-state index contributed by atoms with van der Waals surface area (Å²) in [4.78, 5) is 4.79. The molecule has 0 bridgehead atoms. The largest absolute Gasteiger partial charge is 0.245 e. The minimum Gasteiger partial charge on any atom is -0.245 e. The van der Waals surface area contributed by atoms with Gasteiger partial charge in [-0.05, 0) is 12.1 Å². The minimum absolute atomic E-state index is 0.388. The minimum atomic E-state index is -2.41. The number of hydrogen-bond acceptors (Lipinski definition) is 3.